The number of aryl methyl sites for hydroxylation is 3. The Balaban J connectivity index is 1.91. The highest BCUT2D eigenvalue weighted by Crippen LogP contribution is 2.47. The zero-order chi connectivity index (χ0) is 15.9. The lowest BCUT2D eigenvalue weighted by Gasteiger charge is -2.05. The maximum atomic E-state index is 14.2. The lowest BCUT2D eigenvalue weighted by Crippen LogP contribution is -1.91. The maximum Gasteiger partial charge on any atom is 0.139 e. The summed E-state index contributed by atoms with van der Waals surface area (Å²) in [5.74, 6) is 7.18. The first-order valence-electron chi connectivity index (χ1n) is 7.85. The fourth-order valence-corrected chi connectivity index (χ4v) is 3.16. The number of hydrogen-bond donors (Lipinski definition) is 0. The van der Waals surface area contributed by atoms with Gasteiger partial charge in [0.15, 0.2) is 0 Å². The predicted molar refractivity (Wildman–Crippen MR) is 89.6 cm³/mol. The molecular formula is C21H21F. The first kappa shape index (κ1) is 14.9. The van der Waals surface area contributed by atoms with Crippen LogP contribution in [-0.4, -0.2) is 0 Å². The van der Waals surface area contributed by atoms with Crippen molar-refractivity contribution in [1.29, 1.82) is 0 Å². The molecule has 2 aromatic rings. The Hall–Kier alpha value is -2.07. The van der Waals surface area contributed by atoms with Crippen LogP contribution in [0.5, 0.6) is 0 Å². The second-order valence-corrected chi connectivity index (χ2v) is 6.58. The van der Waals surface area contributed by atoms with Gasteiger partial charge in [0.2, 0.25) is 0 Å². The molecule has 0 N–H and O–H groups in total. The van der Waals surface area contributed by atoms with E-state index in [0.29, 0.717) is 17.4 Å². The van der Waals surface area contributed by atoms with Crippen molar-refractivity contribution in [2.24, 2.45) is 5.92 Å². The third kappa shape index (κ3) is 2.92. The van der Waals surface area contributed by atoms with E-state index in [4.69, 9.17) is 0 Å². The van der Waals surface area contributed by atoms with Crippen molar-refractivity contribution in [3.63, 3.8) is 0 Å². The van der Waals surface area contributed by atoms with Crippen molar-refractivity contribution in [3.8, 4) is 11.8 Å². The van der Waals surface area contributed by atoms with E-state index in [-0.39, 0.29) is 5.82 Å². The molecule has 0 spiro atoms. The van der Waals surface area contributed by atoms with Gasteiger partial charge in [-0.25, -0.2) is 4.39 Å². The van der Waals surface area contributed by atoms with Crippen molar-refractivity contribution >= 4 is 0 Å². The summed E-state index contributed by atoms with van der Waals surface area (Å²) in [4.78, 5) is 0. The predicted octanol–water partition coefficient (Wildman–Crippen LogP) is 5.27. The smallest absolute Gasteiger partial charge is 0.139 e. The van der Waals surface area contributed by atoms with Crippen LogP contribution in [0.25, 0.3) is 0 Å². The van der Waals surface area contributed by atoms with Crippen LogP contribution in [0, 0.1) is 44.3 Å². The molecule has 2 unspecified atom stereocenters. The van der Waals surface area contributed by atoms with Crippen molar-refractivity contribution in [3.05, 3.63) is 69.5 Å². The second-order valence-electron chi connectivity index (χ2n) is 6.58. The Morgan fingerprint density at radius 1 is 1.00 bits per heavy atom. The van der Waals surface area contributed by atoms with Crippen molar-refractivity contribution < 1.29 is 4.39 Å². The second kappa shape index (κ2) is 5.61. The monoisotopic (exact) mass is 292 g/mol. The van der Waals surface area contributed by atoms with Gasteiger partial charge in [0.1, 0.15) is 5.82 Å². The normalized spacial score (nSPS) is 19.5. The summed E-state index contributed by atoms with van der Waals surface area (Å²) >= 11 is 0. The fourth-order valence-electron chi connectivity index (χ4n) is 3.16. The van der Waals surface area contributed by atoms with Crippen LogP contribution in [-0.2, 0) is 0 Å². The summed E-state index contributed by atoms with van der Waals surface area (Å²) in [7, 11) is 0. The Morgan fingerprint density at radius 3 is 2.18 bits per heavy atom. The first-order valence-corrected chi connectivity index (χ1v) is 7.85. The molecule has 0 bridgehead atoms. The Morgan fingerprint density at radius 2 is 1.64 bits per heavy atom. The van der Waals surface area contributed by atoms with Gasteiger partial charge in [-0.3, -0.25) is 0 Å². The lowest BCUT2D eigenvalue weighted by atomic mass is 9.99. The molecule has 0 radical (unpaired) electrons. The maximum absolute atomic E-state index is 14.2. The van der Waals surface area contributed by atoms with Crippen LogP contribution in [0.1, 0.15) is 52.6 Å². The van der Waals surface area contributed by atoms with Crippen molar-refractivity contribution in [1.82, 2.24) is 0 Å². The van der Waals surface area contributed by atoms with Gasteiger partial charge in [-0.2, -0.15) is 0 Å². The van der Waals surface area contributed by atoms with Gasteiger partial charge in [0.05, 0.1) is 5.56 Å². The number of rotatable bonds is 1. The lowest BCUT2D eigenvalue weighted by molar-refractivity contribution is 0.621. The van der Waals surface area contributed by atoms with Gasteiger partial charge in [-0.05, 0) is 67.9 Å². The van der Waals surface area contributed by atoms with Crippen LogP contribution >= 0.6 is 0 Å². The molecule has 0 aromatic heterocycles. The number of hydrogen-bond acceptors (Lipinski definition) is 0. The van der Waals surface area contributed by atoms with E-state index in [2.05, 4.69) is 51.7 Å². The van der Waals surface area contributed by atoms with Crippen LogP contribution < -0.4 is 0 Å². The van der Waals surface area contributed by atoms with Gasteiger partial charge in [0.25, 0.3) is 0 Å². The summed E-state index contributed by atoms with van der Waals surface area (Å²) < 4.78 is 14.2. The van der Waals surface area contributed by atoms with E-state index in [9.17, 15) is 4.39 Å². The molecule has 0 nitrogen and oxygen atoms in total. The van der Waals surface area contributed by atoms with Crippen LogP contribution in [0.4, 0.5) is 4.39 Å². The molecule has 1 aliphatic rings. The minimum absolute atomic E-state index is 0.202. The summed E-state index contributed by atoms with van der Waals surface area (Å²) in [5.41, 5.74) is 6.12. The molecule has 112 valence electrons. The summed E-state index contributed by atoms with van der Waals surface area (Å²) in [5, 5.41) is 0. The average molecular weight is 292 g/mol. The molecular weight excluding hydrogens is 271 g/mol. The van der Waals surface area contributed by atoms with E-state index in [1.165, 1.54) is 12.0 Å². The molecule has 0 amide bonds. The SMILES string of the molecule is Cc1cc(C)c(C#Cc2ccc(C3CC3C)cc2F)c(C)c1. The third-order valence-corrected chi connectivity index (χ3v) is 4.53. The molecule has 1 fully saturated rings. The molecule has 2 aromatic carbocycles. The topological polar surface area (TPSA) is 0 Å². The van der Waals surface area contributed by atoms with E-state index < -0.39 is 0 Å². The molecule has 1 saturated carbocycles. The van der Waals surface area contributed by atoms with Gasteiger partial charge >= 0.3 is 0 Å². The molecule has 2 atom stereocenters. The highest BCUT2D eigenvalue weighted by atomic mass is 19.1. The fraction of sp³-hybridized carbons (Fsp3) is 0.333. The Kier molecular flexibility index (Phi) is 3.79. The Labute approximate surface area is 132 Å². The summed E-state index contributed by atoms with van der Waals surface area (Å²) in [6.07, 6.45) is 1.17. The zero-order valence-electron chi connectivity index (χ0n) is 13.6. The summed E-state index contributed by atoms with van der Waals surface area (Å²) in [6, 6.07) is 9.74. The van der Waals surface area contributed by atoms with Crippen molar-refractivity contribution in [2.75, 3.05) is 0 Å². The standard InChI is InChI=1S/C21H21F/c1-13-9-14(2)19(15(3)10-13)8-7-17-5-6-18(12-21(17)22)20-11-16(20)4/h5-6,9-10,12,16,20H,11H2,1-4H3. The van der Waals surface area contributed by atoms with Crippen LogP contribution in [0.2, 0.25) is 0 Å². The number of benzene rings is 2. The van der Waals surface area contributed by atoms with Gasteiger partial charge in [-0.1, -0.05) is 42.5 Å². The van der Waals surface area contributed by atoms with E-state index in [1.807, 2.05) is 12.1 Å². The van der Waals surface area contributed by atoms with E-state index >= 15 is 0 Å². The highest BCUT2D eigenvalue weighted by molar-refractivity contribution is 5.52. The minimum Gasteiger partial charge on any atom is -0.206 e. The molecule has 0 saturated heterocycles. The third-order valence-electron chi connectivity index (χ3n) is 4.53. The number of halogens is 1. The quantitative estimate of drug-likeness (QED) is 0.628. The summed E-state index contributed by atoms with van der Waals surface area (Å²) in [6.45, 7) is 8.39. The Bertz CT molecular complexity index is 766. The minimum atomic E-state index is -0.202. The zero-order valence-corrected chi connectivity index (χ0v) is 13.6. The largest absolute Gasteiger partial charge is 0.206 e. The molecule has 3 rings (SSSR count). The van der Waals surface area contributed by atoms with E-state index in [1.54, 1.807) is 6.07 Å². The molecule has 0 aliphatic heterocycles. The van der Waals surface area contributed by atoms with Gasteiger partial charge < -0.3 is 0 Å². The van der Waals surface area contributed by atoms with E-state index in [0.717, 1.165) is 22.3 Å². The average Bonchev–Trinajstić information content (AvgIpc) is 3.16. The van der Waals surface area contributed by atoms with Gasteiger partial charge in [0, 0.05) is 5.56 Å². The highest BCUT2D eigenvalue weighted by Gasteiger charge is 2.34. The van der Waals surface area contributed by atoms with Gasteiger partial charge in [-0.15, -0.1) is 0 Å². The molecule has 0 heterocycles. The van der Waals surface area contributed by atoms with Crippen molar-refractivity contribution in [2.45, 2.75) is 40.0 Å². The molecule has 1 heteroatoms. The van der Waals surface area contributed by atoms with Crippen LogP contribution in [0.15, 0.2) is 30.3 Å². The molecule has 22 heavy (non-hydrogen) atoms. The molecule has 1 aliphatic carbocycles. The van der Waals surface area contributed by atoms with Crippen LogP contribution in [0.3, 0.4) is 0 Å². The first-order chi connectivity index (χ1) is 10.5.